The van der Waals surface area contributed by atoms with Crippen molar-refractivity contribution in [1.82, 2.24) is 4.98 Å². The first-order valence-electron chi connectivity index (χ1n) is 7.76. The molecule has 0 fully saturated rings. The van der Waals surface area contributed by atoms with Gasteiger partial charge in [-0.05, 0) is 48.6 Å². The van der Waals surface area contributed by atoms with Crippen LogP contribution in [-0.4, -0.2) is 10.1 Å². The SMILES string of the molecule is S=C(Nc1cccc(Cl)c1)Nc1ncccc1OCc1ccccc1Cl. The maximum Gasteiger partial charge on any atom is 0.176 e. The van der Waals surface area contributed by atoms with E-state index in [0.29, 0.717) is 33.3 Å². The number of pyridine rings is 1. The van der Waals surface area contributed by atoms with Crippen LogP contribution >= 0.6 is 35.4 Å². The second kappa shape index (κ2) is 8.85. The Hall–Kier alpha value is -2.34. The van der Waals surface area contributed by atoms with Gasteiger partial charge in [0.05, 0.1) is 0 Å². The lowest BCUT2D eigenvalue weighted by Gasteiger charge is -2.14. The van der Waals surface area contributed by atoms with E-state index in [1.54, 1.807) is 24.4 Å². The van der Waals surface area contributed by atoms with Crippen molar-refractivity contribution in [2.45, 2.75) is 6.61 Å². The molecular weight excluding hydrogens is 389 g/mol. The molecule has 3 rings (SSSR count). The van der Waals surface area contributed by atoms with E-state index < -0.39 is 0 Å². The van der Waals surface area contributed by atoms with Crippen LogP contribution in [0, 0.1) is 0 Å². The highest BCUT2D eigenvalue weighted by Gasteiger charge is 2.08. The van der Waals surface area contributed by atoms with Gasteiger partial charge in [0.2, 0.25) is 0 Å². The van der Waals surface area contributed by atoms with Crippen molar-refractivity contribution in [3.05, 3.63) is 82.5 Å². The number of hydrogen-bond acceptors (Lipinski definition) is 3. The van der Waals surface area contributed by atoms with E-state index >= 15 is 0 Å². The largest absolute Gasteiger partial charge is 0.485 e. The molecule has 0 saturated heterocycles. The molecule has 1 aromatic heterocycles. The van der Waals surface area contributed by atoms with Crippen LogP contribution in [0.4, 0.5) is 11.5 Å². The molecule has 2 aromatic carbocycles. The lowest BCUT2D eigenvalue weighted by molar-refractivity contribution is 0.307. The molecule has 0 unspecified atom stereocenters. The highest BCUT2D eigenvalue weighted by Crippen LogP contribution is 2.24. The molecule has 4 nitrogen and oxygen atoms in total. The molecule has 0 spiro atoms. The van der Waals surface area contributed by atoms with Crippen molar-refractivity contribution in [1.29, 1.82) is 0 Å². The van der Waals surface area contributed by atoms with Gasteiger partial charge >= 0.3 is 0 Å². The van der Waals surface area contributed by atoms with Crippen molar-refractivity contribution in [3.63, 3.8) is 0 Å². The molecule has 0 bridgehead atoms. The van der Waals surface area contributed by atoms with Crippen LogP contribution in [0.1, 0.15) is 5.56 Å². The first-order valence-corrected chi connectivity index (χ1v) is 8.93. The molecule has 3 aromatic rings. The lowest BCUT2D eigenvalue weighted by atomic mass is 10.2. The fourth-order valence-electron chi connectivity index (χ4n) is 2.21. The first kappa shape index (κ1) is 18.5. The second-order valence-electron chi connectivity index (χ2n) is 5.32. The van der Waals surface area contributed by atoms with E-state index in [1.165, 1.54) is 0 Å². The Bertz CT molecular complexity index is 921. The van der Waals surface area contributed by atoms with Crippen molar-refractivity contribution in [2.75, 3.05) is 10.6 Å². The van der Waals surface area contributed by atoms with E-state index in [0.717, 1.165) is 11.3 Å². The molecule has 0 aliphatic carbocycles. The number of hydrogen-bond donors (Lipinski definition) is 2. The van der Waals surface area contributed by atoms with Crippen LogP contribution in [-0.2, 0) is 6.61 Å². The van der Waals surface area contributed by atoms with Gasteiger partial charge in [0.15, 0.2) is 16.7 Å². The average Bonchev–Trinajstić information content (AvgIpc) is 2.62. The summed E-state index contributed by atoms with van der Waals surface area (Å²) in [6, 6.07) is 18.4. The minimum Gasteiger partial charge on any atom is -0.485 e. The van der Waals surface area contributed by atoms with Crippen molar-refractivity contribution >= 4 is 52.0 Å². The number of aromatic nitrogens is 1. The summed E-state index contributed by atoms with van der Waals surface area (Å²) in [7, 11) is 0. The average molecular weight is 404 g/mol. The third kappa shape index (κ3) is 5.08. The molecule has 0 radical (unpaired) electrons. The number of nitrogens with one attached hydrogen (secondary N) is 2. The van der Waals surface area contributed by atoms with Crippen LogP contribution in [0.25, 0.3) is 0 Å². The molecule has 0 aliphatic rings. The van der Waals surface area contributed by atoms with Crippen LogP contribution in [0.15, 0.2) is 66.9 Å². The predicted octanol–water partition coefficient (Wildman–Crippen LogP) is 5.78. The van der Waals surface area contributed by atoms with Crippen molar-refractivity contribution in [2.24, 2.45) is 0 Å². The zero-order valence-corrected chi connectivity index (χ0v) is 15.9. The quantitative estimate of drug-likeness (QED) is 0.528. The molecule has 0 saturated carbocycles. The summed E-state index contributed by atoms with van der Waals surface area (Å²) in [6.45, 7) is 0.328. The highest BCUT2D eigenvalue weighted by molar-refractivity contribution is 7.80. The molecule has 0 aliphatic heterocycles. The molecule has 0 amide bonds. The molecule has 132 valence electrons. The zero-order valence-electron chi connectivity index (χ0n) is 13.6. The predicted molar refractivity (Wildman–Crippen MR) is 111 cm³/mol. The van der Waals surface area contributed by atoms with Crippen molar-refractivity contribution in [3.8, 4) is 5.75 Å². The summed E-state index contributed by atoms with van der Waals surface area (Å²) < 4.78 is 5.86. The monoisotopic (exact) mass is 403 g/mol. The van der Waals surface area contributed by atoms with Gasteiger partial charge in [-0.1, -0.05) is 47.5 Å². The van der Waals surface area contributed by atoms with Gasteiger partial charge in [-0.25, -0.2) is 4.98 Å². The maximum atomic E-state index is 6.16. The maximum absolute atomic E-state index is 6.16. The number of anilines is 2. The molecule has 0 atom stereocenters. The summed E-state index contributed by atoms with van der Waals surface area (Å²) in [5.74, 6) is 1.08. The Morgan fingerprint density at radius 1 is 1.00 bits per heavy atom. The van der Waals surface area contributed by atoms with E-state index in [-0.39, 0.29) is 0 Å². The summed E-state index contributed by atoms with van der Waals surface area (Å²) in [5, 5.41) is 7.76. The molecule has 26 heavy (non-hydrogen) atoms. The standard InChI is InChI=1S/C19H15Cl2N3OS/c20-14-6-3-7-15(11-14)23-19(26)24-18-17(9-4-10-22-18)25-12-13-5-1-2-8-16(13)21/h1-11H,12H2,(H2,22,23,24,26). The van der Waals surface area contributed by atoms with Gasteiger partial charge in [-0.15, -0.1) is 0 Å². The number of benzene rings is 2. The number of rotatable bonds is 5. The molecule has 2 N–H and O–H groups in total. The summed E-state index contributed by atoms with van der Waals surface area (Å²) in [5.41, 5.74) is 1.67. The Labute approximate surface area is 167 Å². The second-order valence-corrected chi connectivity index (χ2v) is 6.57. The number of halogens is 2. The van der Waals surface area contributed by atoms with Crippen LogP contribution in [0.5, 0.6) is 5.75 Å². The Morgan fingerprint density at radius 2 is 1.85 bits per heavy atom. The number of nitrogens with zero attached hydrogens (tertiary/aromatic N) is 1. The topological polar surface area (TPSA) is 46.2 Å². The summed E-state index contributed by atoms with van der Waals surface area (Å²) >= 11 is 17.5. The Balaban J connectivity index is 1.67. The van der Waals surface area contributed by atoms with Crippen LogP contribution in [0.2, 0.25) is 10.0 Å². The van der Waals surface area contributed by atoms with E-state index in [9.17, 15) is 0 Å². The van der Waals surface area contributed by atoms with Gasteiger partial charge in [0, 0.05) is 27.5 Å². The van der Waals surface area contributed by atoms with E-state index in [2.05, 4.69) is 15.6 Å². The van der Waals surface area contributed by atoms with Crippen LogP contribution in [0.3, 0.4) is 0 Å². The third-order valence-electron chi connectivity index (χ3n) is 3.43. The van der Waals surface area contributed by atoms with Crippen molar-refractivity contribution < 1.29 is 4.74 Å². The highest BCUT2D eigenvalue weighted by atomic mass is 35.5. The Morgan fingerprint density at radius 3 is 2.65 bits per heavy atom. The molecular formula is C19H15Cl2N3OS. The minimum atomic E-state index is 0.328. The molecule has 1 heterocycles. The van der Waals surface area contributed by atoms with Gasteiger partial charge in [0.25, 0.3) is 0 Å². The van der Waals surface area contributed by atoms with E-state index in [1.807, 2.05) is 42.5 Å². The van der Waals surface area contributed by atoms with Crippen LogP contribution < -0.4 is 15.4 Å². The van der Waals surface area contributed by atoms with E-state index in [4.69, 9.17) is 40.2 Å². The van der Waals surface area contributed by atoms with Gasteiger partial charge in [0.1, 0.15) is 6.61 Å². The smallest absolute Gasteiger partial charge is 0.176 e. The zero-order chi connectivity index (χ0) is 18.4. The Kier molecular flexibility index (Phi) is 6.28. The molecule has 7 heteroatoms. The van der Waals surface area contributed by atoms with Gasteiger partial charge < -0.3 is 15.4 Å². The lowest BCUT2D eigenvalue weighted by Crippen LogP contribution is -2.20. The fraction of sp³-hybridized carbons (Fsp3) is 0.0526. The summed E-state index contributed by atoms with van der Waals surface area (Å²) in [4.78, 5) is 4.29. The van der Waals surface area contributed by atoms with Gasteiger partial charge in [-0.3, -0.25) is 0 Å². The summed E-state index contributed by atoms with van der Waals surface area (Å²) in [6.07, 6.45) is 1.66. The number of thiocarbonyl (C=S) groups is 1. The number of ether oxygens (including phenoxy) is 1. The fourth-order valence-corrected chi connectivity index (χ4v) is 2.80. The third-order valence-corrected chi connectivity index (χ3v) is 4.23. The minimum absolute atomic E-state index is 0.328. The normalized spacial score (nSPS) is 10.2. The first-order chi connectivity index (χ1) is 12.6. The van der Waals surface area contributed by atoms with Gasteiger partial charge in [-0.2, -0.15) is 0 Å².